The molecule has 6 heteroatoms. The van der Waals surface area contributed by atoms with Gasteiger partial charge in [0.1, 0.15) is 5.25 Å². The molecule has 1 aromatic heterocycles. The van der Waals surface area contributed by atoms with Crippen LogP contribution in [0.25, 0.3) is 0 Å². The molecule has 1 heterocycles. The maximum Gasteiger partial charge on any atom is 0.244 e. The van der Waals surface area contributed by atoms with E-state index in [1.807, 2.05) is 32.0 Å². The average molecular weight is 294 g/mol. The van der Waals surface area contributed by atoms with E-state index >= 15 is 0 Å². The Bertz CT molecular complexity index is 663. The second-order valence-corrected chi connectivity index (χ2v) is 7.40. The van der Waals surface area contributed by atoms with Gasteiger partial charge in [-0.05, 0) is 12.5 Å². The van der Waals surface area contributed by atoms with E-state index in [-0.39, 0.29) is 17.6 Å². The van der Waals surface area contributed by atoms with Crippen LogP contribution in [0.15, 0.2) is 34.9 Å². The third-order valence-electron chi connectivity index (χ3n) is 3.07. The van der Waals surface area contributed by atoms with E-state index in [9.17, 15) is 8.42 Å². The van der Waals surface area contributed by atoms with Crippen molar-refractivity contribution in [1.29, 1.82) is 0 Å². The molecule has 0 unspecified atom stereocenters. The molecule has 108 valence electrons. The van der Waals surface area contributed by atoms with E-state index in [1.165, 1.54) is 0 Å². The number of benzene rings is 1. The summed E-state index contributed by atoms with van der Waals surface area (Å²) in [4.78, 5) is 4.16. The molecule has 0 aliphatic heterocycles. The van der Waals surface area contributed by atoms with Crippen LogP contribution in [-0.2, 0) is 15.6 Å². The number of hydrogen-bond donors (Lipinski definition) is 0. The van der Waals surface area contributed by atoms with Gasteiger partial charge < -0.3 is 4.52 Å². The smallest absolute Gasteiger partial charge is 0.244 e. The zero-order chi connectivity index (χ0) is 14.8. The van der Waals surface area contributed by atoms with E-state index in [4.69, 9.17) is 4.52 Å². The third-order valence-corrected chi connectivity index (χ3v) is 5.09. The first kappa shape index (κ1) is 14.7. The Balaban J connectivity index is 2.20. The molecule has 0 fully saturated rings. The second-order valence-electron chi connectivity index (χ2n) is 5.08. The molecule has 2 aromatic rings. The lowest BCUT2D eigenvalue weighted by molar-refractivity contribution is 0.369. The summed E-state index contributed by atoms with van der Waals surface area (Å²) < 4.78 is 29.8. The SMILES string of the molecule is CC(C)c1noc([C@@H](C)S(=O)(=O)Cc2ccccc2)n1. The van der Waals surface area contributed by atoms with E-state index < -0.39 is 15.1 Å². The topological polar surface area (TPSA) is 73.1 Å². The summed E-state index contributed by atoms with van der Waals surface area (Å²) in [6.07, 6.45) is 0. The quantitative estimate of drug-likeness (QED) is 0.847. The molecule has 0 radical (unpaired) electrons. The van der Waals surface area contributed by atoms with Gasteiger partial charge in [-0.2, -0.15) is 4.98 Å². The summed E-state index contributed by atoms with van der Waals surface area (Å²) in [5.41, 5.74) is 0.753. The molecule has 1 atom stereocenters. The van der Waals surface area contributed by atoms with E-state index in [2.05, 4.69) is 10.1 Å². The second kappa shape index (κ2) is 5.75. The van der Waals surface area contributed by atoms with Crippen molar-refractivity contribution in [2.45, 2.75) is 37.7 Å². The predicted molar refractivity (Wildman–Crippen MR) is 75.9 cm³/mol. The Morgan fingerprint density at radius 1 is 1.15 bits per heavy atom. The minimum Gasteiger partial charge on any atom is -0.338 e. The fourth-order valence-electron chi connectivity index (χ4n) is 1.73. The lowest BCUT2D eigenvalue weighted by Gasteiger charge is -2.08. The fraction of sp³-hybridized carbons (Fsp3) is 0.429. The van der Waals surface area contributed by atoms with Crippen molar-refractivity contribution < 1.29 is 12.9 Å². The number of aromatic nitrogens is 2. The van der Waals surface area contributed by atoms with Crippen LogP contribution in [0.4, 0.5) is 0 Å². The van der Waals surface area contributed by atoms with Crippen molar-refractivity contribution in [1.82, 2.24) is 10.1 Å². The lowest BCUT2D eigenvalue weighted by atomic mass is 10.2. The van der Waals surface area contributed by atoms with Crippen LogP contribution >= 0.6 is 0 Å². The minimum absolute atomic E-state index is 0.0333. The molecule has 5 nitrogen and oxygen atoms in total. The van der Waals surface area contributed by atoms with E-state index in [0.717, 1.165) is 5.56 Å². The molecule has 0 saturated heterocycles. The van der Waals surface area contributed by atoms with Crippen molar-refractivity contribution in [2.75, 3.05) is 0 Å². The molecular weight excluding hydrogens is 276 g/mol. The van der Waals surface area contributed by atoms with Crippen molar-refractivity contribution in [2.24, 2.45) is 0 Å². The van der Waals surface area contributed by atoms with Gasteiger partial charge in [0.2, 0.25) is 5.89 Å². The normalized spacial score (nSPS) is 13.6. The van der Waals surface area contributed by atoms with Gasteiger partial charge in [-0.1, -0.05) is 49.3 Å². The summed E-state index contributed by atoms with van der Waals surface area (Å²) >= 11 is 0. The average Bonchev–Trinajstić information content (AvgIpc) is 2.88. The van der Waals surface area contributed by atoms with Gasteiger partial charge >= 0.3 is 0 Å². The highest BCUT2D eigenvalue weighted by Gasteiger charge is 2.28. The molecule has 2 rings (SSSR count). The van der Waals surface area contributed by atoms with Crippen molar-refractivity contribution in [3.8, 4) is 0 Å². The first-order valence-electron chi connectivity index (χ1n) is 6.49. The summed E-state index contributed by atoms with van der Waals surface area (Å²) in [5.74, 6) is 0.761. The highest BCUT2D eigenvalue weighted by Crippen LogP contribution is 2.25. The Morgan fingerprint density at radius 3 is 2.35 bits per heavy atom. The van der Waals surface area contributed by atoms with Gasteiger partial charge in [0.05, 0.1) is 5.75 Å². The summed E-state index contributed by atoms with van der Waals surface area (Å²) in [6, 6.07) is 9.07. The first-order chi connectivity index (χ1) is 9.40. The van der Waals surface area contributed by atoms with Gasteiger partial charge in [-0.15, -0.1) is 0 Å². The molecule has 20 heavy (non-hydrogen) atoms. The zero-order valence-electron chi connectivity index (χ0n) is 11.8. The Labute approximate surface area is 118 Å². The predicted octanol–water partition coefficient (Wildman–Crippen LogP) is 2.87. The van der Waals surface area contributed by atoms with Crippen molar-refractivity contribution in [3.63, 3.8) is 0 Å². The maximum atomic E-state index is 12.4. The third kappa shape index (κ3) is 3.25. The van der Waals surface area contributed by atoms with Gasteiger partial charge in [-0.3, -0.25) is 0 Å². The van der Waals surface area contributed by atoms with Gasteiger partial charge in [0.15, 0.2) is 15.7 Å². The van der Waals surface area contributed by atoms with Gasteiger partial charge in [0, 0.05) is 5.92 Å². The molecule has 0 bridgehead atoms. The fourth-order valence-corrected chi connectivity index (χ4v) is 3.04. The highest BCUT2D eigenvalue weighted by molar-refractivity contribution is 7.90. The van der Waals surface area contributed by atoms with Crippen LogP contribution in [0.5, 0.6) is 0 Å². The van der Waals surface area contributed by atoms with Crippen LogP contribution in [0.3, 0.4) is 0 Å². The summed E-state index contributed by atoms with van der Waals surface area (Å²) in [5, 5.41) is 3.00. The Morgan fingerprint density at radius 2 is 1.80 bits per heavy atom. The standard InChI is InChI=1S/C14H18N2O3S/c1-10(2)13-15-14(19-16-13)11(3)20(17,18)9-12-7-5-4-6-8-12/h4-8,10-11H,9H2,1-3H3/t11-/m1/s1. The summed E-state index contributed by atoms with van der Waals surface area (Å²) in [6.45, 7) is 5.44. The van der Waals surface area contributed by atoms with Gasteiger partial charge in [-0.25, -0.2) is 8.42 Å². The lowest BCUT2D eigenvalue weighted by Crippen LogP contribution is -2.13. The van der Waals surface area contributed by atoms with Crippen LogP contribution < -0.4 is 0 Å². The first-order valence-corrected chi connectivity index (χ1v) is 8.20. The monoisotopic (exact) mass is 294 g/mol. The molecular formula is C14H18N2O3S. The van der Waals surface area contributed by atoms with Crippen LogP contribution in [0.2, 0.25) is 0 Å². The largest absolute Gasteiger partial charge is 0.338 e. The van der Waals surface area contributed by atoms with Gasteiger partial charge in [0.25, 0.3) is 0 Å². The van der Waals surface area contributed by atoms with Crippen LogP contribution in [-0.4, -0.2) is 18.6 Å². The number of sulfone groups is 1. The number of nitrogens with zero attached hydrogens (tertiary/aromatic N) is 2. The Kier molecular flexibility index (Phi) is 4.23. The Hall–Kier alpha value is -1.69. The van der Waals surface area contributed by atoms with Crippen LogP contribution in [0.1, 0.15) is 49.2 Å². The van der Waals surface area contributed by atoms with Crippen molar-refractivity contribution in [3.05, 3.63) is 47.6 Å². The van der Waals surface area contributed by atoms with Crippen LogP contribution in [0, 0.1) is 0 Å². The molecule has 0 N–H and O–H groups in total. The summed E-state index contributed by atoms with van der Waals surface area (Å²) in [7, 11) is -3.38. The number of rotatable bonds is 5. The van der Waals surface area contributed by atoms with E-state index in [0.29, 0.717) is 5.82 Å². The molecule has 0 aliphatic rings. The molecule has 0 amide bonds. The molecule has 0 aliphatic carbocycles. The molecule has 0 saturated carbocycles. The molecule has 1 aromatic carbocycles. The van der Waals surface area contributed by atoms with E-state index in [1.54, 1.807) is 19.1 Å². The molecule has 0 spiro atoms. The highest BCUT2D eigenvalue weighted by atomic mass is 32.2. The van der Waals surface area contributed by atoms with Crippen molar-refractivity contribution >= 4 is 9.84 Å². The minimum atomic E-state index is -3.38. The zero-order valence-corrected chi connectivity index (χ0v) is 12.6. The maximum absolute atomic E-state index is 12.4. The number of hydrogen-bond acceptors (Lipinski definition) is 5.